The molecule has 0 saturated heterocycles. The number of sulfonamides is 1. The third-order valence-corrected chi connectivity index (χ3v) is 5.08. The highest BCUT2D eigenvalue weighted by atomic mass is 32.2. The van der Waals surface area contributed by atoms with Crippen LogP contribution in [0.4, 0.5) is 5.69 Å². The van der Waals surface area contributed by atoms with Crippen LogP contribution in [-0.4, -0.2) is 21.5 Å². The summed E-state index contributed by atoms with van der Waals surface area (Å²) in [6.45, 7) is 5.63. The number of esters is 1. The van der Waals surface area contributed by atoms with Crippen LogP contribution < -0.4 is 4.72 Å². The summed E-state index contributed by atoms with van der Waals surface area (Å²) in [6, 6.07) is 10.3. The van der Waals surface area contributed by atoms with Gasteiger partial charge in [-0.05, 0) is 56.2 Å². The van der Waals surface area contributed by atoms with Crippen molar-refractivity contribution in [1.29, 1.82) is 0 Å². The topological polar surface area (TPSA) is 72.5 Å². The fourth-order valence-corrected chi connectivity index (χ4v) is 3.50. The zero-order chi connectivity index (χ0) is 18.6. The van der Waals surface area contributed by atoms with Crippen LogP contribution in [0.15, 0.2) is 47.4 Å². The Hall–Kier alpha value is -2.60. The smallest absolute Gasteiger partial charge is 0.330 e. The minimum Gasteiger partial charge on any atom is -0.466 e. The number of rotatable bonds is 5. The van der Waals surface area contributed by atoms with Gasteiger partial charge in [-0.2, -0.15) is 0 Å². The molecule has 0 bridgehead atoms. The predicted octanol–water partition coefficient (Wildman–Crippen LogP) is 3.60. The van der Waals surface area contributed by atoms with E-state index in [1.54, 1.807) is 36.4 Å². The molecule has 1 N–H and O–H groups in total. The van der Waals surface area contributed by atoms with E-state index in [1.807, 2.05) is 26.8 Å². The lowest BCUT2D eigenvalue weighted by Crippen LogP contribution is -2.14. The van der Waals surface area contributed by atoms with Gasteiger partial charge in [0.15, 0.2) is 0 Å². The van der Waals surface area contributed by atoms with Crippen molar-refractivity contribution < 1.29 is 17.9 Å². The van der Waals surface area contributed by atoms with Crippen molar-refractivity contribution in [2.24, 2.45) is 0 Å². The second-order valence-corrected chi connectivity index (χ2v) is 7.50. The summed E-state index contributed by atoms with van der Waals surface area (Å²) in [5.41, 5.74) is 3.77. The maximum atomic E-state index is 12.7. The van der Waals surface area contributed by atoms with Gasteiger partial charge in [-0.1, -0.05) is 23.8 Å². The number of carbonyl (C=O) groups excluding carboxylic acids is 1. The Morgan fingerprint density at radius 3 is 2.28 bits per heavy atom. The second-order valence-electron chi connectivity index (χ2n) is 5.82. The van der Waals surface area contributed by atoms with E-state index in [9.17, 15) is 13.2 Å². The number of carbonyl (C=O) groups is 1. The van der Waals surface area contributed by atoms with Crippen molar-refractivity contribution in [2.75, 3.05) is 11.8 Å². The largest absolute Gasteiger partial charge is 0.466 e. The Bertz CT molecular complexity index is 913. The van der Waals surface area contributed by atoms with Gasteiger partial charge in [-0.3, -0.25) is 4.72 Å². The van der Waals surface area contributed by atoms with Gasteiger partial charge in [-0.25, -0.2) is 13.2 Å². The molecule has 0 aliphatic heterocycles. The van der Waals surface area contributed by atoms with E-state index in [0.29, 0.717) is 11.3 Å². The summed E-state index contributed by atoms with van der Waals surface area (Å²) < 4.78 is 32.5. The van der Waals surface area contributed by atoms with Gasteiger partial charge in [0, 0.05) is 11.6 Å². The molecule has 0 aliphatic rings. The van der Waals surface area contributed by atoms with Crippen molar-refractivity contribution in [3.8, 4) is 0 Å². The first-order valence-corrected chi connectivity index (χ1v) is 9.18. The molecule has 5 nitrogen and oxygen atoms in total. The average molecular weight is 359 g/mol. The van der Waals surface area contributed by atoms with Crippen molar-refractivity contribution in [1.82, 2.24) is 0 Å². The highest BCUT2D eigenvalue weighted by Crippen LogP contribution is 2.26. The van der Waals surface area contributed by atoms with Crippen LogP contribution in [0.25, 0.3) is 6.08 Å². The van der Waals surface area contributed by atoms with Gasteiger partial charge in [0.1, 0.15) is 0 Å². The monoisotopic (exact) mass is 359 g/mol. The first-order valence-electron chi connectivity index (χ1n) is 7.69. The third kappa shape index (κ3) is 4.70. The molecular formula is C19H21NO4S. The van der Waals surface area contributed by atoms with Gasteiger partial charge < -0.3 is 4.74 Å². The van der Waals surface area contributed by atoms with Crippen LogP contribution >= 0.6 is 0 Å². The SMILES string of the molecule is COC(=O)/C=C/c1c(C)cc(C)cc1NS(=O)(=O)c1ccc(C)cc1. The molecule has 0 aromatic heterocycles. The van der Waals surface area contributed by atoms with Gasteiger partial charge in [0.25, 0.3) is 10.0 Å². The summed E-state index contributed by atoms with van der Waals surface area (Å²) in [4.78, 5) is 11.5. The second kappa shape index (κ2) is 7.53. The maximum Gasteiger partial charge on any atom is 0.330 e. The van der Waals surface area contributed by atoms with Crippen molar-refractivity contribution in [3.05, 3.63) is 64.7 Å². The third-order valence-electron chi connectivity index (χ3n) is 3.69. The van der Waals surface area contributed by atoms with Crippen molar-refractivity contribution in [3.63, 3.8) is 0 Å². The molecule has 0 fully saturated rings. The van der Waals surface area contributed by atoms with E-state index in [4.69, 9.17) is 0 Å². The normalized spacial score (nSPS) is 11.5. The minimum atomic E-state index is -3.73. The number of nitrogens with one attached hydrogen (secondary N) is 1. The number of benzene rings is 2. The molecule has 2 aromatic carbocycles. The van der Waals surface area contributed by atoms with Crippen LogP contribution in [0.5, 0.6) is 0 Å². The summed E-state index contributed by atoms with van der Waals surface area (Å²) in [5, 5.41) is 0. The lowest BCUT2D eigenvalue weighted by Gasteiger charge is -2.14. The average Bonchev–Trinajstić information content (AvgIpc) is 2.53. The molecule has 0 unspecified atom stereocenters. The molecule has 2 rings (SSSR count). The highest BCUT2D eigenvalue weighted by molar-refractivity contribution is 7.92. The van der Waals surface area contributed by atoms with Gasteiger partial charge >= 0.3 is 5.97 Å². The molecule has 0 atom stereocenters. The van der Waals surface area contributed by atoms with Crippen molar-refractivity contribution >= 4 is 27.8 Å². The summed E-state index contributed by atoms with van der Waals surface area (Å²) in [7, 11) is -2.44. The van der Waals surface area contributed by atoms with Crippen molar-refractivity contribution in [2.45, 2.75) is 25.7 Å². The van der Waals surface area contributed by atoms with E-state index in [0.717, 1.165) is 16.7 Å². The summed E-state index contributed by atoms with van der Waals surface area (Å²) >= 11 is 0. The first-order chi connectivity index (χ1) is 11.7. The van der Waals surface area contributed by atoms with Crippen LogP contribution in [0.2, 0.25) is 0 Å². The Morgan fingerprint density at radius 1 is 1.04 bits per heavy atom. The molecule has 0 heterocycles. The molecule has 2 aromatic rings. The number of aryl methyl sites for hydroxylation is 3. The zero-order valence-electron chi connectivity index (χ0n) is 14.7. The number of methoxy groups -OCH3 is 1. The van der Waals surface area contributed by atoms with Gasteiger partial charge in [-0.15, -0.1) is 0 Å². The van der Waals surface area contributed by atoms with Crippen LogP contribution in [-0.2, 0) is 19.6 Å². The molecule has 25 heavy (non-hydrogen) atoms. The Labute approximate surface area is 148 Å². The number of hydrogen-bond donors (Lipinski definition) is 1. The molecule has 0 aliphatic carbocycles. The van der Waals surface area contributed by atoms with E-state index in [2.05, 4.69) is 9.46 Å². The van der Waals surface area contributed by atoms with Crippen LogP contribution in [0.1, 0.15) is 22.3 Å². The predicted molar refractivity (Wildman–Crippen MR) is 99.0 cm³/mol. The summed E-state index contributed by atoms with van der Waals surface area (Å²) in [6.07, 6.45) is 2.81. The fourth-order valence-electron chi connectivity index (χ4n) is 2.42. The van der Waals surface area contributed by atoms with Gasteiger partial charge in [0.05, 0.1) is 17.7 Å². The lowest BCUT2D eigenvalue weighted by atomic mass is 10.0. The molecule has 0 spiro atoms. The van der Waals surface area contributed by atoms with E-state index < -0.39 is 16.0 Å². The zero-order valence-corrected chi connectivity index (χ0v) is 15.5. The van der Waals surface area contributed by atoms with E-state index in [-0.39, 0.29) is 4.90 Å². The Morgan fingerprint density at radius 2 is 1.68 bits per heavy atom. The standard InChI is InChI=1S/C19H21NO4S/c1-13-5-7-16(8-6-13)25(22,23)20-18-12-14(2)11-15(3)17(18)9-10-19(21)24-4/h5-12,20H,1-4H3/b10-9+. The number of hydrogen-bond acceptors (Lipinski definition) is 4. The molecule has 0 radical (unpaired) electrons. The lowest BCUT2D eigenvalue weighted by molar-refractivity contribution is -0.134. The molecule has 0 amide bonds. The Balaban J connectivity index is 2.46. The molecule has 6 heteroatoms. The number of anilines is 1. The quantitative estimate of drug-likeness (QED) is 0.654. The minimum absolute atomic E-state index is 0.181. The van der Waals surface area contributed by atoms with Gasteiger partial charge in [0.2, 0.25) is 0 Å². The molecule has 132 valence electrons. The number of ether oxygens (including phenoxy) is 1. The van der Waals surface area contributed by atoms with E-state index in [1.165, 1.54) is 13.2 Å². The molecular weight excluding hydrogens is 338 g/mol. The maximum absolute atomic E-state index is 12.7. The molecule has 0 saturated carbocycles. The van der Waals surface area contributed by atoms with E-state index >= 15 is 0 Å². The highest BCUT2D eigenvalue weighted by Gasteiger charge is 2.16. The first kappa shape index (κ1) is 18.7. The fraction of sp³-hybridized carbons (Fsp3) is 0.211. The van der Waals surface area contributed by atoms with Crippen LogP contribution in [0, 0.1) is 20.8 Å². The Kier molecular flexibility index (Phi) is 5.64. The summed E-state index contributed by atoms with van der Waals surface area (Å²) in [5.74, 6) is -0.507. The van der Waals surface area contributed by atoms with Crippen LogP contribution in [0.3, 0.4) is 0 Å².